The summed E-state index contributed by atoms with van der Waals surface area (Å²) in [6.45, 7) is 1.93. The third-order valence-corrected chi connectivity index (χ3v) is 4.19. The molecule has 1 saturated carbocycles. The molecule has 1 aliphatic heterocycles. The molecule has 4 nitrogen and oxygen atoms in total. The van der Waals surface area contributed by atoms with Crippen LogP contribution in [0.3, 0.4) is 0 Å². The van der Waals surface area contributed by atoms with Gasteiger partial charge < -0.3 is 14.2 Å². The van der Waals surface area contributed by atoms with Gasteiger partial charge in [0.25, 0.3) is 0 Å². The van der Waals surface area contributed by atoms with Crippen molar-refractivity contribution >= 4 is 17.6 Å². The van der Waals surface area contributed by atoms with Crippen LogP contribution in [0, 0.1) is 0 Å². The number of carbonyl (C=O) groups excluding carboxylic acids is 1. The van der Waals surface area contributed by atoms with Crippen LogP contribution in [0.2, 0.25) is 5.02 Å². The summed E-state index contributed by atoms with van der Waals surface area (Å²) in [5, 5.41) is 0.464. The second kappa shape index (κ2) is 4.93. The van der Waals surface area contributed by atoms with Gasteiger partial charge in [-0.15, -0.1) is 0 Å². The number of esters is 1. The van der Waals surface area contributed by atoms with Gasteiger partial charge in [0, 0.05) is 23.4 Å². The summed E-state index contributed by atoms with van der Waals surface area (Å²) >= 11 is 6.10. The van der Waals surface area contributed by atoms with E-state index in [9.17, 15) is 4.79 Å². The molecule has 1 aliphatic carbocycles. The lowest BCUT2D eigenvalue weighted by Gasteiger charge is -2.39. The Morgan fingerprint density at radius 1 is 1.40 bits per heavy atom. The van der Waals surface area contributed by atoms with Gasteiger partial charge in [-0.2, -0.15) is 0 Å². The van der Waals surface area contributed by atoms with Crippen molar-refractivity contribution in [1.82, 2.24) is 0 Å². The summed E-state index contributed by atoms with van der Waals surface area (Å²) in [7, 11) is 1.35. The van der Waals surface area contributed by atoms with Gasteiger partial charge in [0.2, 0.25) is 5.79 Å². The highest BCUT2D eigenvalue weighted by atomic mass is 35.5. The van der Waals surface area contributed by atoms with Crippen molar-refractivity contribution in [3.63, 3.8) is 0 Å². The van der Waals surface area contributed by atoms with Gasteiger partial charge in [-0.25, -0.2) is 4.79 Å². The maximum absolute atomic E-state index is 11.9. The average Bonchev–Trinajstić information content (AvgIpc) is 2.83. The van der Waals surface area contributed by atoms with Crippen LogP contribution in [0.5, 0.6) is 5.75 Å². The van der Waals surface area contributed by atoms with E-state index in [1.54, 1.807) is 12.1 Å². The summed E-state index contributed by atoms with van der Waals surface area (Å²) in [4.78, 5) is 11.9. The molecular weight excluding hydrogens is 280 g/mol. The summed E-state index contributed by atoms with van der Waals surface area (Å²) in [5.41, 5.74) is 1.13. The van der Waals surface area contributed by atoms with E-state index in [0.29, 0.717) is 16.3 Å². The molecule has 1 heterocycles. The van der Waals surface area contributed by atoms with Crippen LogP contribution in [-0.4, -0.2) is 18.9 Å². The number of fused-ring (bicyclic) bond motifs is 1. The molecule has 0 aromatic heterocycles. The molecule has 0 bridgehead atoms. The molecule has 2 aliphatic rings. The predicted octanol–water partition coefficient (Wildman–Crippen LogP) is 3.87. The Morgan fingerprint density at radius 2 is 2.10 bits per heavy atom. The maximum Gasteiger partial charge on any atom is 0.338 e. The largest absolute Gasteiger partial charge is 0.465 e. The summed E-state index contributed by atoms with van der Waals surface area (Å²) in [6, 6.07) is 3.35. The van der Waals surface area contributed by atoms with E-state index in [4.69, 9.17) is 25.8 Å². The number of hydrogen-bond donors (Lipinski definition) is 0. The molecular formula is C15H17ClO4. The lowest BCUT2D eigenvalue weighted by Crippen LogP contribution is -2.41. The van der Waals surface area contributed by atoms with E-state index in [0.717, 1.165) is 31.2 Å². The average molecular weight is 297 g/mol. The monoisotopic (exact) mass is 296 g/mol. The first-order valence-corrected chi connectivity index (χ1v) is 7.21. The predicted molar refractivity (Wildman–Crippen MR) is 74.1 cm³/mol. The molecule has 3 rings (SSSR count). The number of ether oxygens (including phenoxy) is 3. The first-order chi connectivity index (χ1) is 9.54. The molecule has 20 heavy (non-hydrogen) atoms. The van der Waals surface area contributed by atoms with Crippen LogP contribution in [0.1, 0.15) is 54.6 Å². The number of benzene rings is 1. The van der Waals surface area contributed by atoms with Gasteiger partial charge in [0.15, 0.2) is 0 Å². The highest BCUT2D eigenvalue weighted by Crippen LogP contribution is 2.47. The van der Waals surface area contributed by atoms with Crippen LogP contribution in [0.4, 0.5) is 0 Å². The maximum atomic E-state index is 11.9. The van der Waals surface area contributed by atoms with Crippen LogP contribution in [0.25, 0.3) is 0 Å². The molecule has 1 atom stereocenters. The lowest BCUT2D eigenvalue weighted by atomic mass is 9.99. The molecule has 108 valence electrons. The third-order valence-electron chi connectivity index (χ3n) is 3.97. The van der Waals surface area contributed by atoms with Crippen molar-refractivity contribution in [2.24, 2.45) is 0 Å². The van der Waals surface area contributed by atoms with E-state index < -0.39 is 11.8 Å². The van der Waals surface area contributed by atoms with Gasteiger partial charge in [0.05, 0.1) is 18.8 Å². The Morgan fingerprint density at radius 3 is 2.75 bits per heavy atom. The van der Waals surface area contributed by atoms with Crippen molar-refractivity contribution in [2.75, 3.05) is 7.11 Å². The zero-order chi connectivity index (χ0) is 14.3. The Balaban J connectivity index is 2.08. The van der Waals surface area contributed by atoms with Crippen molar-refractivity contribution in [3.8, 4) is 5.75 Å². The van der Waals surface area contributed by atoms with E-state index in [2.05, 4.69) is 0 Å². The molecule has 0 amide bonds. The Bertz CT molecular complexity index is 549. The number of hydrogen-bond acceptors (Lipinski definition) is 4. The molecule has 1 fully saturated rings. The van der Waals surface area contributed by atoms with E-state index in [-0.39, 0.29) is 6.10 Å². The first kappa shape index (κ1) is 13.7. The highest BCUT2D eigenvalue weighted by molar-refractivity contribution is 6.31. The third kappa shape index (κ3) is 2.17. The standard InChI is InChI=1S/C15H17ClO4/c1-9-13-11(14(17)18-2)7-10(16)8-12(13)20-15(19-9)5-3-4-6-15/h7-9H,3-6H2,1-2H3. The van der Waals surface area contributed by atoms with Crippen LogP contribution < -0.4 is 4.74 Å². The smallest absolute Gasteiger partial charge is 0.338 e. The second-order valence-electron chi connectivity index (χ2n) is 5.34. The molecule has 5 heteroatoms. The fourth-order valence-electron chi connectivity index (χ4n) is 3.11. The van der Waals surface area contributed by atoms with Crippen LogP contribution >= 0.6 is 11.6 Å². The molecule has 1 aromatic carbocycles. The fraction of sp³-hybridized carbons (Fsp3) is 0.533. The summed E-state index contributed by atoms with van der Waals surface area (Å²) in [5.74, 6) is -0.339. The van der Waals surface area contributed by atoms with E-state index >= 15 is 0 Å². The molecule has 1 unspecified atom stereocenters. The quantitative estimate of drug-likeness (QED) is 0.738. The molecule has 1 aromatic rings. The Kier molecular flexibility index (Phi) is 3.38. The van der Waals surface area contributed by atoms with E-state index in [1.165, 1.54) is 7.11 Å². The minimum Gasteiger partial charge on any atom is -0.465 e. The first-order valence-electron chi connectivity index (χ1n) is 6.83. The summed E-state index contributed by atoms with van der Waals surface area (Å²) < 4.78 is 16.9. The minimum absolute atomic E-state index is 0.219. The van der Waals surface area contributed by atoms with Crippen LogP contribution in [0.15, 0.2) is 12.1 Å². The van der Waals surface area contributed by atoms with Crippen LogP contribution in [-0.2, 0) is 9.47 Å². The highest BCUT2D eigenvalue weighted by Gasteiger charge is 2.44. The number of methoxy groups -OCH3 is 1. The molecule has 0 N–H and O–H groups in total. The SMILES string of the molecule is COC(=O)c1cc(Cl)cc2c1C(C)OC1(CCCC1)O2. The summed E-state index contributed by atoms with van der Waals surface area (Å²) in [6.07, 6.45) is 3.70. The van der Waals surface area contributed by atoms with Gasteiger partial charge in [-0.3, -0.25) is 0 Å². The van der Waals surface area contributed by atoms with Gasteiger partial charge in [0.1, 0.15) is 5.75 Å². The Labute approximate surface area is 123 Å². The zero-order valence-corrected chi connectivity index (χ0v) is 12.3. The molecule has 0 saturated heterocycles. The van der Waals surface area contributed by atoms with E-state index in [1.807, 2.05) is 6.92 Å². The zero-order valence-electron chi connectivity index (χ0n) is 11.6. The van der Waals surface area contributed by atoms with Crippen molar-refractivity contribution in [1.29, 1.82) is 0 Å². The molecule has 0 radical (unpaired) electrons. The Hall–Kier alpha value is -1.26. The number of halogens is 1. The van der Waals surface area contributed by atoms with Gasteiger partial charge in [-0.05, 0) is 31.9 Å². The van der Waals surface area contributed by atoms with Crippen molar-refractivity contribution in [3.05, 3.63) is 28.3 Å². The lowest BCUT2D eigenvalue weighted by molar-refractivity contribution is -0.221. The number of rotatable bonds is 1. The second-order valence-corrected chi connectivity index (χ2v) is 5.77. The fourth-order valence-corrected chi connectivity index (χ4v) is 3.32. The van der Waals surface area contributed by atoms with Gasteiger partial charge >= 0.3 is 5.97 Å². The number of carbonyl (C=O) groups is 1. The van der Waals surface area contributed by atoms with Gasteiger partial charge in [-0.1, -0.05) is 11.6 Å². The van der Waals surface area contributed by atoms with Crippen molar-refractivity contribution < 1.29 is 19.0 Å². The normalized spacial score (nSPS) is 23.2. The molecule has 1 spiro atoms. The topological polar surface area (TPSA) is 44.8 Å². The van der Waals surface area contributed by atoms with Crippen molar-refractivity contribution in [2.45, 2.75) is 44.5 Å². The minimum atomic E-state index is -0.551.